The molecule has 1 rings (SSSR count). The van der Waals surface area contributed by atoms with E-state index in [2.05, 4.69) is 9.47 Å². The van der Waals surface area contributed by atoms with E-state index in [-0.39, 0.29) is 11.1 Å². The lowest BCUT2D eigenvalue weighted by atomic mass is 10.0. The summed E-state index contributed by atoms with van der Waals surface area (Å²) in [6.45, 7) is 0. The number of methoxy groups -OCH3 is 2. The molecule has 7 nitrogen and oxygen atoms in total. The maximum atomic E-state index is 11.7. The van der Waals surface area contributed by atoms with Crippen molar-refractivity contribution in [3.63, 3.8) is 0 Å². The molecule has 18 heavy (non-hydrogen) atoms. The average molecular weight is 250 g/mol. The Bertz CT molecular complexity index is 609. The summed E-state index contributed by atoms with van der Waals surface area (Å²) in [6.07, 6.45) is 1.13. The number of carbonyl (C=O) groups is 2. The third-order valence-corrected chi connectivity index (χ3v) is 2.28. The van der Waals surface area contributed by atoms with Crippen molar-refractivity contribution in [3.8, 4) is 6.07 Å². The molecular weight excluding hydrogens is 240 g/mol. The fourth-order valence-electron chi connectivity index (χ4n) is 1.42. The first-order chi connectivity index (χ1) is 8.47. The van der Waals surface area contributed by atoms with E-state index < -0.39 is 23.1 Å². The molecule has 0 atom stereocenters. The molecule has 0 aliphatic rings. The van der Waals surface area contributed by atoms with Crippen LogP contribution in [0, 0.1) is 11.3 Å². The van der Waals surface area contributed by atoms with E-state index in [1.807, 2.05) is 0 Å². The van der Waals surface area contributed by atoms with Gasteiger partial charge in [-0.25, -0.2) is 9.59 Å². The highest BCUT2D eigenvalue weighted by atomic mass is 16.5. The van der Waals surface area contributed by atoms with Gasteiger partial charge in [-0.15, -0.1) is 0 Å². The van der Waals surface area contributed by atoms with Crippen molar-refractivity contribution in [2.45, 2.75) is 0 Å². The van der Waals surface area contributed by atoms with E-state index in [0.29, 0.717) is 0 Å². The van der Waals surface area contributed by atoms with Crippen LogP contribution in [-0.2, 0) is 16.5 Å². The van der Waals surface area contributed by atoms with E-state index in [9.17, 15) is 14.4 Å². The van der Waals surface area contributed by atoms with Crippen molar-refractivity contribution in [1.29, 1.82) is 5.26 Å². The molecule has 0 aliphatic heterocycles. The predicted molar refractivity (Wildman–Crippen MR) is 59.1 cm³/mol. The summed E-state index contributed by atoms with van der Waals surface area (Å²) in [7, 11) is 3.57. The number of hydrogen-bond acceptors (Lipinski definition) is 6. The Morgan fingerprint density at radius 1 is 1.28 bits per heavy atom. The number of hydrogen-bond donors (Lipinski definition) is 0. The van der Waals surface area contributed by atoms with Gasteiger partial charge in [0.15, 0.2) is 0 Å². The molecule has 1 aromatic heterocycles. The number of carbonyl (C=O) groups excluding carboxylic acids is 2. The molecule has 0 spiro atoms. The largest absolute Gasteiger partial charge is 0.465 e. The minimum absolute atomic E-state index is 0.192. The monoisotopic (exact) mass is 250 g/mol. The molecule has 1 aromatic rings. The predicted octanol–water partition coefficient (Wildman–Crippen LogP) is -0.170. The fraction of sp³-hybridized carbons (Fsp3) is 0.273. The van der Waals surface area contributed by atoms with Crippen molar-refractivity contribution >= 4 is 11.9 Å². The summed E-state index contributed by atoms with van der Waals surface area (Å²) in [5, 5.41) is 8.92. The van der Waals surface area contributed by atoms with Gasteiger partial charge in [0.1, 0.15) is 11.6 Å². The highest BCUT2D eigenvalue weighted by Gasteiger charge is 2.25. The molecule has 0 fully saturated rings. The van der Waals surface area contributed by atoms with Gasteiger partial charge in [0, 0.05) is 13.2 Å². The van der Waals surface area contributed by atoms with Crippen molar-refractivity contribution in [2.24, 2.45) is 7.05 Å². The highest BCUT2D eigenvalue weighted by molar-refractivity contribution is 6.04. The third kappa shape index (κ3) is 2.08. The zero-order valence-corrected chi connectivity index (χ0v) is 10.0. The third-order valence-electron chi connectivity index (χ3n) is 2.28. The Kier molecular flexibility index (Phi) is 3.84. The topological polar surface area (TPSA) is 98.4 Å². The van der Waals surface area contributed by atoms with Crippen molar-refractivity contribution in [3.05, 3.63) is 33.2 Å². The van der Waals surface area contributed by atoms with Gasteiger partial charge in [0.25, 0.3) is 5.56 Å². The number of aryl methyl sites for hydroxylation is 1. The number of nitriles is 1. The van der Waals surface area contributed by atoms with E-state index in [0.717, 1.165) is 25.0 Å². The lowest BCUT2D eigenvalue weighted by Gasteiger charge is -2.09. The summed E-state index contributed by atoms with van der Waals surface area (Å²) in [6, 6.07) is 1.60. The number of rotatable bonds is 2. The van der Waals surface area contributed by atoms with E-state index >= 15 is 0 Å². The standard InChI is InChI=1S/C11H10N2O5/c1-13-5-7(10(15)17-2)8(11(16)18-3)6(4-12)9(13)14/h5H,1-3H3. The minimum Gasteiger partial charge on any atom is -0.465 e. The number of ether oxygens (including phenoxy) is 2. The Morgan fingerprint density at radius 3 is 2.28 bits per heavy atom. The van der Waals surface area contributed by atoms with Crippen LogP contribution < -0.4 is 5.56 Å². The number of aromatic nitrogens is 1. The second kappa shape index (κ2) is 5.14. The zero-order valence-electron chi connectivity index (χ0n) is 10.0. The first kappa shape index (κ1) is 13.4. The van der Waals surface area contributed by atoms with Crippen LogP contribution in [0.25, 0.3) is 0 Å². The molecule has 7 heteroatoms. The van der Waals surface area contributed by atoms with Crippen LogP contribution in [0.4, 0.5) is 0 Å². The molecule has 0 aliphatic carbocycles. The van der Waals surface area contributed by atoms with Gasteiger partial charge in [0.2, 0.25) is 0 Å². The van der Waals surface area contributed by atoms with Crippen molar-refractivity contribution in [1.82, 2.24) is 4.57 Å². The first-order valence-corrected chi connectivity index (χ1v) is 4.78. The van der Waals surface area contributed by atoms with E-state index in [4.69, 9.17) is 5.26 Å². The van der Waals surface area contributed by atoms with Crippen LogP contribution in [-0.4, -0.2) is 30.7 Å². The van der Waals surface area contributed by atoms with Crippen LogP contribution in [0.15, 0.2) is 11.0 Å². The molecule has 0 unspecified atom stereocenters. The maximum Gasteiger partial charge on any atom is 0.340 e. The summed E-state index contributed by atoms with van der Waals surface area (Å²) in [4.78, 5) is 34.8. The molecular formula is C11H10N2O5. The Balaban J connectivity index is 3.77. The number of pyridine rings is 1. The van der Waals surface area contributed by atoms with Gasteiger partial charge in [0.05, 0.1) is 25.3 Å². The van der Waals surface area contributed by atoms with E-state index in [1.54, 1.807) is 6.07 Å². The Labute approximate surface area is 102 Å². The molecule has 0 amide bonds. The normalized spacial score (nSPS) is 9.44. The summed E-state index contributed by atoms with van der Waals surface area (Å²) in [5.41, 5.74) is -1.71. The molecule has 0 radical (unpaired) electrons. The lowest BCUT2D eigenvalue weighted by Crippen LogP contribution is -2.27. The first-order valence-electron chi connectivity index (χ1n) is 4.78. The fourth-order valence-corrected chi connectivity index (χ4v) is 1.42. The van der Waals surface area contributed by atoms with Gasteiger partial charge in [-0.05, 0) is 0 Å². The van der Waals surface area contributed by atoms with Crippen LogP contribution in [0.3, 0.4) is 0 Å². The summed E-state index contributed by atoms with van der Waals surface area (Å²) >= 11 is 0. The van der Waals surface area contributed by atoms with Gasteiger partial charge in [-0.2, -0.15) is 5.26 Å². The smallest absolute Gasteiger partial charge is 0.340 e. The van der Waals surface area contributed by atoms with Crippen molar-refractivity contribution < 1.29 is 19.1 Å². The Morgan fingerprint density at radius 2 is 1.83 bits per heavy atom. The molecule has 1 heterocycles. The number of esters is 2. The van der Waals surface area contributed by atoms with E-state index in [1.165, 1.54) is 7.05 Å². The molecule has 0 saturated heterocycles. The van der Waals surface area contributed by atoms with Crippen LogP contribution in [0.2, 0.25) is 0 Å². The molecule has 0 saturated carbocycles. The maximum absolute atomic E-state index is 11.7. The SMILES string of the molecule is COC(=O)c1cn(C)c(=O)c(C#N)c1C(=O)OC. The van der Waals surface area contributed by atoms with Crippen molar-refractivity contribution in [2.75, 3.05) is 14.2 Å². The average Bonchev–Trinajstić information content (AvgIpc) is 2.39. The lowest BCUT2D eigenvalue weighted by molar-refractivity contribution is 0.0553. The second-order valence-corrected chi connectivity index (χ2v) is 3.30. The van der Waals surface area contributed by atoms with Gasteiger partial charge in [-0.1, -0.05) is 0 Å². The highest BCUT2D eigenvalue weighted by Crippen LogP contribution is 2.13. The molecule has 0 N–H and O–H groups in total. The second-order valence-electron chi connectivity index (χ2n) is 3.30. The number of nitrogens with zero attached hydrogens (tertiary/aromatic N) is 2. The van der Waals surface area contributed by atoms with Gasteiger partial charge in [-0.3, -0.25) is 4.79 Å². The molecule has 94 valence electrons. The van der Waals surface area contributed by atoms with Crippen LogP contribution in [0.5, 0.6) is 0 Å². The van der Waals surface area contributed by atoms with Crippen LogP contribution in [0.1, 0.15) is 26.3 Å². The summed E-state index contributed by atoms with van der Waals surface area (Å²) in [5.74, 6) is -1.77. The molecule has 0 bridgehead atoms. The minimum atomic E-state index is -0.940. The van der Waals surface area contributed by atoms with Crippen LogP contribution >= 0.6 is 0 Å². The summed E-state index contributed by atoms with van der Waals surface area (Å²) < 4.78 is 9.98. The molecule has 0 aromatic carbocycles. The Hall–Kier alpha value is -2.62. The zero-order chi connectivity index (χ0) is 13.9. The van der Waals surface area contributed by atoms with Gasteiger partial charge < -0.3 is 14.0 Å². The van der Waals surface area contributed by atoms with Gasteiger partial charge >= 0.3 is 11.9 Å². The quantitative estimate of drug-likeness (QED) is 0.676.